The minimum absolute atomic E-state index is 0.0932. The first-order valence-electron chi connectivity index (χ1n) is 5.66. The van der Waals surface area contributed by atoms with Gasteiger partial charge in [-0.15, -0.1) is 0 Å². The van der Waals surface area contributed by atoms with Gasteiger partial charge in [0.1, 0.15) is 11.9 Å². The molecule has 1 aromatic heterocycles. The number of hydrazine groups is 1. The number of hydrogen-bond acceptors (Lipinski definition) is 3. The van der Waals surface area contributed by atoms with Crippen molar-refractivity contribution in [2.75, 3.05) is 0 Å². The molecule has 17 heavy (non-hydrogen) atoms. The lowest BCUT2D eigenvalue weighted by atomic mass is 9.96. The summed E-state index contributed by atoms with van der Waals surface area (Å²) in [5, 5.41) is 0. The maximum Gasteiger partial charge on any atom is 0.129 e. The predicted molar refractivity (Wildman–Crippen MR) is 68.4 cm³/mol. The summed E-state index contributed by atoms with van der Waals surface area (Å²) in [6, 6.07) is 4.25. The summed E-state index contributed by atoms with van der Waals surface area (Å²) in [6.07, 6.45) is 3.53. The SMILES string of the molecule is Cc1cc(C)c(C(NN)c2ncc[nH]2)cc1C. The van der Waals surface area contributed by atoms with Crippen LogP contribution in [-0.4, -0.2) is 9.97 Å². The molecule has 0 bridgehead atoms. The Morgan fingerprint density at radius 2 is 1.88 bits per heavy atom. The van der Waals surface area contributed by atoms with Crippen molar-refractivity contribution in [2.24, 2.45) is 5.84 Å². The van der Waals surface area contributed by atoms with E-state index in [2.05, 4.69) is 48.3 Å². The number of aromatic nitrogens is 2. The monoisotopic (exact) mass is 230 g/mol. The van der Waals surface area contributed by atoms with Crippen LogP contribution < -0.4 is 11.3 Å². The number of imidazole rings is 1. The molecule has 0 aliphatic carbocycles. The van der Waals surface area contributed by atoms with E-state index in [1.54, 1.807) is 12.4 Å². The van der Waals surface area contributed by atoms with Gasteiger partial charge in [-0.1, -0.05) is 12.1 Å². The lowest BCUT2D eigenvalue weighted by molar-refractivity contribution is 0.604. The molecule has 1 heterocycles. The Bertz CT molecular complexity index is 502. The van der Waals surface area contributed by atoms with E-state index in [-0.39, 0.29) is 6.04 Å². The fraction of sp³-hybridized carbons (Fsp3) is 0.308. The van der Waals surface area contributed by atoms with Crippen LogP contribution in [0.5, 0.6) is 0 Å². The molecule has 0 radical (unpaired) electrons. The fourth-order valence-corrected chi connectivity index (χ4v) is 2.05. The molecule has 0 spiro atoms. The molecule has 4 heteroatoms. The van der Waals surface area contributed by atoms with E-state index < -0.39 is 0 Å². The van der Waals surface area contributed by atoms with E-state index in [0.29, 0.717) is 0 Å². The first kappa shape index (κ1) is 11.8. The molecule has 4 nitrogen and oxygen atoms in total. The lowest BCUT2D eigenvalue weighted by Gasteiger charge is -2.18. The fourth-order valence-electron chi connectivity index (χ4n) is 2.05. The van der Waals surface area contributed by atoms with Crippen LogP contribution in [-0.2, 0) is 0 Å². The van der Waals surface area contributed by atoms with E-state index in [1.165, 1.54) is 16.7 Å². The summed E-state index contributed by atoms with van der Waals surface area (Å²) in [6.45, 7) is 6.31. The van der Waals surface area contributed by atoms with Gasteiger partial charge in [-0.05, 0) is 43.0 Å². The largest absolute Gasteiger partial charge is 0.347 e. The van der Waals surface area contributed by atoms with Gasteiger partial charge >= 0.3 is 0 Å². The van der Waals surface area contributed by atoms with Gasteiger partial charge < -0.3 is 4.98 Å². The summed E-state index contributed by atoms with van der Waals surface area (Å²) in [7, 11) is 0. The average molecular weight is 230 g/mol. The number of H-pyrrole nitrogens is 1. The van der Waals surface area contributed by atoms with Crippen molar-refractivity contribution in [1.82, 2.24) is 15.4 Å². The van der Waals surface area contributed by atoms with Crippen LogP contribution in [0.2, 0.25) is 0 Å². The number of aryl methyl sites for hydroxylation is 3. The zero-order valence-electron chi connectivity index (χ0n) is 10.4. The molecule has 0 aliphatic rings. The highest BCUT2D eigenvalue weighted by Gasteiger charge is 2.17. The van der Waals surface area contributed by atoms with Crippen LogP contribution in [0.15, 0.2) is 24.5 Å². The molecule has 4 N–H and O–H groups in total. The molecular weight excluding hydrogens is 212 g/mol. The van der Waals surface area contributed by atoms with E-state index >= 15 is 0 Å². The Labute approximate surface area is 101 Å². The van der Waals surface area contributed by atoms with Gasteiger partial charge in [0.25, 0.3) is 0 Å². The molecule has 0 saturated carbocycles. The molecule has 0 amide bonds. The van der Waals surface area contributed by atoms with Crippen LogP contribution in [0.25, 0.3) is 0 Å². The van der Waals surface area contributed by atoms with E-state index in [4.69, 9.17) is 5.84 Å². The quantitative estimate of drug-likeness (QED) is 0.557. The lowest BCUT2D eigenvalue weighted by Crippen LogP contribution is -2.30. The number of nitrogens with one attached hydrogen (secondary N) is 2. The van der Waals surface area contributed by atoms with Gasteiger partial charge in [-0.3, -0.25) is 5.84 Å². The molecule has 2 aromatic rings. The molecule has 2 rings (SSSR count). The van der Waals surface area contributed by atoms with E-state index in [9.17, 15) is 0 Å². The van der Waals surface area contributed by atoms with Gasteiger partial charge in [0.05, 0.1) is 0 Å². The maximum atomic E-state index is 5.64. The first-order valence-corrected chi connectivity index (χ1v) is 5.66. The Kier molecular flexibility index (Phi) is 3.26. The highest BCUT2D eigenvalue weighted by atomic mass is 15.2. The molecule has 0 saturated heterocycles. The van der Waals surface area contributed by atoms with Crippen LogP contribution in [0, 0.1) is 20.8 Å². The van der Waals surface area contributed by atoms with Crippen LogP contribution in [0.3, 0.4) is 0 Å². The highest BCUT2D eigenvalue weighted by Crippen LogP contribution is 2.24. The number of benzene rings is 1. The van der Waals surface area contributed by atoms with Gasteiger partial charge in [0.15, 0.2) is 0 Å². The second kappa shape index (κ2) is 4.69. The molecule has 1 unspecified atom stereocenters. The molecule has 0 fully saturated rings. The van der Waals surface area contributed by atoms with Gasteiger partial charge in [0, 0.05) is 12.4 Å². The van der Waals surface area contributed by atoms with Crippen molar-refractivity contribution in [2.45, 2.75) is 26.8 Å². The third-order valence-corrected chi connectivity index (χ3v) is 3.15. The van der Waals surface area contributed by atoms with Crippen LogP contribution in [0.1, 0.15) is 34.1 Å². The summed E-state index contributed by atoms with van der Waals surface area (Å²) in [5.74, 6) is 6.48. The number of nitrogens with zero attached hydrogens (tertiary/aromatic N) is 1. The molecule has 1 atom stereocenters. The highest BCUT2D eigenvalue weighted by molar-refractivity contribution is 5.40. The summed E-state index contributed by atoms with van der Waals surface area (Å²) >= 11 is 0. The van der Waals surface area contributed by atoms with Gasteiger partial charge in [0.2, 0.25) is 0 Å². The van der Waals surface area contributed by atoms with Crippen molar-refractivity contribution in [1.29, 1.82) is 0 Å². The third-order valence-electron chi connectivity index (χ3n) is 3.15. The van der Waals surface area contributed by atoms with Crippen molar-refractivity contribution in [3.05, 3.63) is 52.6 Å². The van der Waals surface area contributed by atoms with Crippen LogP contribution in [0.4, 0.5) is 0 Å². The standard InChI is InChI=1S/C13H18N4/c1-8-6-10(3)11(7-9(8)2)12(17-14)13-15-4-5-16-13/h4-7,12,17H,14H2,1-3H3,(H,15,16). The smallest absolute Gasteiger partial charge is 0.129 e. The zero-order valence-corrected chi connectivity index (χ0v) is 10.4. The molecule has 1 aromatic carbocycles. The Morgan fingerprint density at radius 1 is 1.18 bits per heavy atom. The normalized spacial score (nSPS) is 12.7. The van der Waals surface area contributed by atoms with E-state index in [1.807, 2.05) is 0 Å². The maximum absolute atomic E-state index is 5.64. The number of rotatable bonds is 3. The Hall–Kier alpha value is -1.65. The molecule has 90 valence electrons. The zero-order chi connectivity index (χ0) is 12.4. The summed E-state index contributed by atoms with van der Waals surface area (Å²) in [5.41, 5.74) is 7.74. The number of nitrogens with two attached hydrogens (primary N) is 1. The summed E-state index contributed by atoms with van der Waals surface area (Å²) < 4.78 is 0. The van der Waals surface area contributed by atoms with E-state index in [0.717, 1.165) is 11.4 Å². The van der Waals surface area contributed by atoms with Crippen LogP contribution >= 0.6 is 0 Å². The second-order valence-electron chi connectivity index (χ2n) is 4.37. The molecule has 0 aliphatic heterocycles. The third kappa shape index (κ3) is 2.23. The summed E-state index contributed by atoms with van der Waals surface area (Å²) in [4.78, 5) is 7.35. The van der Waals surface area contributed by atoms with Crippen molar-refractivity contribution in [3.8, 4) is 0 Å². The minimum Gasteiger partial charge on any atom is -0.347 e. The Morgan fingerprint density at radius 3 is 2.47 bits per heavy atom. The van der Waals surface area contributed by atoms with Crippen molar-refractivity contribution in [3.63, 3.8) is 0 Å². The second-order valence-corrected chi connectivity index (χ2v) is 4.37. The Balaban J connectivity index is 2.48. The van der Waals surface area contributed by atoms with Gasteiger partial charge in [-0.2, -0.15) is 0 Å². The van der Waals surface area contributed by atoms with Gasteiger partial charge in [-0.25, -0.2) is 10.4 Å². The minimum atomic E-state index is -0.0932. The molecular formula is C13H18N4. The predicted octanol–water partition coefficient (Wildman–Crippen LogP) is 1.89. The average Bonchev–Trinajstić information content (AvgIpc) is 2.80. The van der Waals surface area contributed by atoms with Crippen molar-refractivity contribution < 1.29 is 0 Å². The van der Waals surface area contributed by atoms with Crippen molar-refractivity contribution >= 4 is 0 Å². The first-order chi connectivity index (χ1) is 8.13. The number of aromatic amines is 1. The number of hydrogen-bond donors (Lipinski definition) is 3. The topological polar surface area (TPSA) is 66.7 Å².